The SMILES string of the molecule is CC[C@H](C(=O)NC(C)(C)C)N(Cc1ccccc1Cl)C(=O)CN(c1cccc(OC)c1)S(=O)(=O)c1ccccc1. The molecule has 2 amide bonds. The second kappa shape index (κ2) is 13.2. The van der Waals surface area contributed by atoms with Gasteiger partial charge >= 0.3 is 0 Å². The van der Waals surface area contributed by atoms with Crippen LogP contribution in [0, 0.1) is 0 Å². The summed E-state index contributed by atoms with van der Waals surface area (Å²) in [5.41, 5.74) is 0.354. The predicted octanol–water partition coefficient (Wildman–Crippen LogP) is 5.27. The van der Waals surface area contributed by atoms with Crippen molar-refractivity contribution < 1.29 is 22.7 Å². The molecule has 0 aliphatic carbocycles. The molecule has 0 saturated heterocycles. The minimum atomic E-state index is -4.17. The third-order valence-corrected chi connectivity index (χ3v) is 8.29. The Bertz CT molecular complexity index is 1420. The lowest BCUT2D eigenvalue weighted by molar-refractivity contribution is -0.141. The van der Waals surface area contributed by atoms with Gasteiger partial charge in [-0.3, -0.25) is 13.9 Å². The third-order valence-electron chi connectivity index (χ3n) is 6.13. The highest BCUT2D eigenvalue weighted by Crippen LogP contribution is 2.28. The van der Waals surface area contributed by atoms with E-state index < -0.39 is 34.1 Å². The van der Waals surface area contributed by atoms with Crippen LogP contribution in [0.3, 0.4) is 0 Å². The first-order chi connectivity index (χ1) is 18.9. The Labute approximate surface area is 241 Å². The predicted molar refractivity (Wildman–Crippen MR) is 158 cm³/mol. The lowest BCUT2D eigenvalue weighted by Gasteiger charge is -2.35. The minimum Gasteiger partial charge on any atom is -0.497 e. The molecule has 0 heterocycles. The van der Waals surface area contributed by atoms with Crippen LogP contribution in [0.25, 0.3) is 0 Å². The summed E-state index contributed by atoms with van der Waals surface area (Å²) in [7, 11) is -2.69. The number of benzene rings is 3. The van der Waals surface area contributed by atoms with Crippen LogP contribution in [0.1, 0.15) is 39.7 Å². The summed E-state index contributed by atoms with van der Waals surface area (Å²) in [6.07, 6.45) is 0.308. The quantitative estimate of drug-likeness (QED) is 0.331. The van der Waals surface area contributed by atoms with Crippen LogP contribution in [-0.4, -0.2) is 50.4 Å². The van der Waals surface area contributed by atoms with E-state index in [-0.39, 0.29) is 23.0 Å². The van der Waals surface area contributed by atoms with Crippen molar-refractivity contribution in [1.82, 2.24) is 10.2 Å². The first kappa shape index (κ1) is 31.0. The summed E-state index contributed by atoms with van der Waals surface area (Å²) in [5, 5.41) is 3.39. The number of hydrogen-bond acceptors (Lipinski definition) is 5. The molecule has 10 heteroatoms. The molecule has 0 aliphatic rings. The standard InChI is InChI=1S/C30H36ClN3O5S/c1-6-27(29(36)32-30(2,3)4)33(20-22-13-10-11-18-26(22)31)28(35)21-34(23-14-12-15-24(19-23)39-5)40(37,38)25-16-8-7-9-17-25/h7-19,27H,6,20-21H2,1-5H3,(H,32,36)/t27-/m1/s1. The molecule has 214 valence electrons. The summed E-state index contributed by atoms with van der Waals surface area (Å²) >= 11 is 6.44. The second-order valence-electron chi connectivity index (χ2n) is 10.3. The molecule has 0 aromatic heterocycles. The number of methoxy groups -OCH3 is 1. The van der Waals surface area contributed by atoms with Crippen LogP contribution in [0.15, 0.2) is 83.8 Å². The highest BCUT2D eigenvalue weighted by Gasteiger charge is 2.35. The van der Waals surface area contributed by atoms with Crippen LogP contribution >= 0.6 is 11.6 Å². The van der Waals surface area contributed by atoms with E-state index in [2.05, 4.69) is 5.32 Å². The van der Waals surface area contributed by atoms with Crippen molar-refractivity contribution in [2.24, 2.45) is 0 Å². The van der Waals surface area contributed by atoms with Crippen molar-refractivity contribution in [2.45, 2.75) is 57.1 Å². The Balaban J connectivity index is 2.09. The maximum absolute atomic E-state index is 14.1. The summed E-state index contributed by atoms with van der Waals surface area (Å²) in [6.45, 7) is 6.85. The van der Waals surface area contributed by atoms with Gasteiger partial charge in [-0.2, -0.15) is 0 Å². The molecule has 3 aromatic rings. The van der Waals surface area contributed by atoms with Crippen LogP contribution in [0.2, 0.25) is 5.02 Å². The lowest BCUT2D eigenvalue weighted by atomic mass is 10.1. The summed E-state index contributed by atoms with van der Waals surface area (Å²) in [6, 6.07) is 20.6. The van der Waals surface area contributed by atoms with E-state index in [1.165, 1.54) is 24.1 Å². The molecule has 0 fully saturated rings. The zero-order chi connectivity index (χ0) is 29.5. The van der Waals surface area contributed by atoms with E-state index in [1.807, 2.05) is 20.8 Å². The van der Waals surface area contributed by atoms with E-state index >= 15 is 0 Å². The van der Waals surface area contributed by atoms with Crippen molar-refractivity contribution in [3.8, 4) is 5.75 Å². The van der Waals surface area contributed by atoms with Crippen LogP contribution in [0.5, 0.6) is 5.75 Å². The number of anilines is 1. The average molecular weight is 586 g/mol. The van der Waals surface area contributed by atoms with Crippen molar-refractivity contribution >= 4 is 39.1 Å². The van der Waals surface area contributed by atoms with Gasteiger partial charge in [0.1, 0.15) is 18.3 Å². The normalized spacial score (nSPS) is 12.3. The number of rotatable bonds is 11. The largest absolute Gasteiger partial charge is 0.497 e. The molecule has 40 heavy (non-hydrogen) atoms. The number of ether oxygens (including phenoxy) is 1. The lowest BCUT2D eigenvalue weighted by Crippen LogP contribution is -2.55. The molecular formula is C30H36ClN3O5S. The van der Waals surface area contributed by atoms with E-state index in [4.69, 9.17) is 16.3 Å². The van der Waals surface area contributed by atoms with Crippen molar-refractivity contribution in [3.05, 3.63) is 89.4 Å². The van der Waals surface area contributed by atoms with E-state index in [0.717, 1.165) is 4.31 Å². The van der Waals surface area contributed by atoms with Crippen molar-refractivity contribution in [2.75, 3.05) is 18.0 Å². The molecule has 0 spiro atoms. The minimum absolute atomic E-state index is 0.0198. The fourth-order valence-electron chi connectivity index (χ4n) is 4.20. The zero-order valence-electron chi connectivity index (χ0n) is 23.4. The first-order valence-corrected chi connectivity index (χ1v) is 14.8. The van der Waals surface area contributed by atoms with Gasteiger partial charge < -0.3 is 15.0 Å². The van der Waals surface area contributed by atoms with Crippen molar-refractivity contribution in [1.29, 1.82) is 0 Å². The Morgan fingerprint density at radius 2 is 1.62 bits per heavy atom. The number of carbonyl (C=O) groups is 2. The first-order valence-electron chi connectivity index (χ1n) is 12.9. The number of amides is 2. The van der Waals surface area contributed by atoms with E-state index in [9.17, 15) is 18.0 Å². The van der Waals surface area contributed by atoms with Crippen LogP contribution < -0.4 is 14.4 Å². The Hall–Kier alpha value is -3.56. The third kappa shape index (κ3) is 7.76. The molecule has 3 rings (SSSR count). The molecule has 0 bridgehead atoms. The van der Waals surface area contributed by atoms with Gasteiger partial charge in [0, 0.05) is 23.2 Å². The molecule has 1 atom stereocenters. The van der Waals surface area contributed by atoms with E-state index in [1.54, 1.807) is 73.7 Å². The van der Waals surface area contributed by atoms with Gasteiger partial charge in [-0.05, 0) is 63.1 Å². The second-order valence-corrected chi connectivity index (χ2v) is 12.6. The van der Waals surface area contributed by atoms with Gasteiger partial charge in [-0.25, -0.2) is 8.42 Å². The van der Waals surface area contributed by atoms with Gasteiger partial charge in [0.25, 0.3) is 10.0 Å². The molecular weight excluding hydrogens is 550 g/mol. The van der Waals surface area contributed by atoms with Gasteiger partial charge in [0.05, 0.1) is 17.7 Å². The smallest absolute Gasteiger partial charge is 0.264 e. The highest BCUT2D eigenvalue weighted by molar-refractivity contribution is 7.92. The summed E-state index contributed by atoms with van der Waals surface area (Å²) in [4.78, 5) is 28.9. The Morgan fingerprint density at radius 1 is 0.975 bits per heavy atom. The summed E-state index contributed by atoms with van der Waals surface area (Å²) < 4.78 is 34.1. The maximum atomic E-state index is 14.1. The fraction of sp³-hybridized carbons (Fsp3) is 0.333. The van der Waals surface area contributed by atoms with Gasteiger partial charge in [0.2, 0.25) is 11.8 Å². The van der Waals surface area contributed by atoms with Crippen LogP contribution in [0.4, 0.5) is 5.69 Å². The maximum Gasteiger partial charge on any atom is 0.264 e. The van der Waals surface area contributed by atoms with Gasteiger partial charge in [0.15, 0.2) is 0 Å². The molecule has 0 aliphatic heterocycles. The topological polar surface area (TPSA) is 96.0 Å². The number of carbonyl (C=O) groups excluding carboxylic acids is 2. The number of hydrogen-bond donors (Lipinski definition) is 1. The zero-order valence-corrected chi connectivity index (χ0v) is 25.0. The molecule has 1 N–H and O–H groups in total. The Morgan fingerprint density at radius 3 is 2.23 bits per heavy atom. The monoisotopic (exact) mass is 585 g/mol. The molecule has 0 unspecified atom stereocenters. The van der Waals surface area contributed by atoms with E-state index in [0.29, 0.717) is 22.8 Å². The highest BCUT2D eigenvalue weighted by atomic mass is 35.5. The van der Waals surface area contributed by atoms with Gasteiger partial charge in [-0.1, -0.05) is 61.0 Å². The summed E-state index contributed by atoms with van der Waals surface area (Å²) in [5.74, 6) is -0.463. The average Bonchev–Trinajstić information content (AvgIpc) is 2.92. The molecule has 0 saturated carbocycles. The molecule has 0 radical (unpaired) electrons. The van der Waals surface area contributed by atoms with Gasteiger partial charge in [-0.15, -0.1) is 0 Å². The molecule has 3 aromatic carbocycles. The van der Waals surface area contributed by atoms with Crippen LogP contribution in [-0.2, 0) is 26.2 Å². The number of halogens is 1. The number of sulfonamides is 1. The number of nitrogens with one attached hydrogen (secondary N) is 1. The molecule has 8 nitrogen and oxygen atoms in total. The number of nitrogens with zero attached hydrogens (tertiary/aromatic N) is 2. The Kier molecular flexibility index (Phi) is 10.2. The van der Waals surface area contributed by atoms with Crippen molar-refractivity contribution in [3.63, 3.8) is 0 Å². The fourth-order valence-corrected chi connectivity index (χ4v) is 5.82.